The van der Waals surface area contributed by atoms with E-state index >= 15 is 0 Å². The highest BCUT2D eigenvalue weighted by atomic mass is 16.5. The molecule has 1 heterocycles. The lowest BCUT2D eigenvalue weighted by atomic mass is 10.1. The molecule has 1 aliphatic rings. The first-order valence-electron chi connectivity index (χ1n) is 9.92. The van der Waals surface area contributed by atoms with Gasteiger partial charge in [-0.15, -0.1) is 0 Å². The Morgan fingerprint density at radius 2 is 1.62 bits per heavy atom. The van der Waals surface area contributed by atoms with Crippen molar-refractivity contribution in [3.63, 3.8) is 0 Å². The van der Waals surface area contributed by atoms with E-state index in [0.717, 1.165) is 24.5 Å². The average molecular weight is 397 g/mol. The van der Waals surface area contributed by atoms with Crippen molar-refractivity contribution in [2.24, 2.45) is 0 Å². The van der Waals surface area contributed by atoms with Gasteiger partial charge in [0.1, 0.15) is 5.75 Å². The van der Waals surface area contributed by atoms with Crippen molar-refractivity contribution in [2.75, 3.05) is 49.6 Å². The van der Waals surface area contributed by atoms with Crippen molar-refractivity contribution in [3.8, 4) is 5.75 Å². The van der Waals surface area contributed by atoms with Crippen LogP contribution in [0, 0.1) is 0 Å². The molecule has 1 saturated heterocycles. The number of benzene rings is 2. The Bertz CT molecular complexity index is 830. The van der Waals surface area contributed by atoms with Crippen LogP contribution in [0.15, 0.2) is 48.5 Å². The summed E-state index contributed by atoms with van der Waals surface area (Å²) < 4.78 is 10.6. The smallest absolute Gasteiger partial charge is 0.411 e. The fraction of sp³-hybridized carbons (Fsp3) is 0.364. The van der Waals surface area contributed by atoms with Crippen molar-refractivity contribution in [3.05, 3.63) is 54.1 Å². The lowest BCUT2D eigenvalue weighted by Crippen LogP contribution is -2.48. The molecule has 0 aromatic heterocycles. The van der Waals surface area contributed by atoms with Crippen LogP contribution in [0.1, 0.15) is 24.2 Å². The third kappa shape index (κ3) is 5.19. The van der Waals surface area contributed by atoms with Gasteiger partial charge in [0, 0.05) is 37.4 Å². The van der Waals surface area contributed by atoms with E-state index in [-0.39, 0.29) is 5.91 Å². The molecule has 0 bridgehead atoms. The maximum absolute atomic E-state index is 12.8. The number of rotatable bonds is 6. The fourth-order valence-corrected chi connectivity index (χ4v) is 3.31. The minimum absolute atomic E-state index is 0.00886. The fourth-order valence-electron chi connectivity index (χ4n) is 3.31. The van der Waals surface area contributed by atoms with Gasteiger partial charge < -0.3 is 19.3 Å². The van der Waals surface area contributed by atoms with E-state index in [2.05, 4.69) is 16.3 Å². The number of amides is 2. The number of hydrogen-bond donors (Lipinski definition) is 1. The third-order valence-corrected chi connectivity index (χ3v) is 4.73. The topological polar surface area (TPSA) is 71.1 Å². The average Bonchev–Trinajstić information content (AvgIpc) is 2.75. The number of carbonyl (C=O) groups excluding carboxylic acids is 2. The molecule has 2 aromatic carbocycles. The molecule has 0 radical (unpaired) electrons. The summed E-state index contributed by atoms with van der Waals surface area (Å²) in [6.45, 7) is 7.43. The summed E-state index contributed by atoms with van der Waals surface area (Å²) in [7, 11) is 0. The van der Waals surface area contributed by atoms with Crippen LogP contribution < -0.4 is 15.0 Å². The first-order valence-corrected chi connectivity index (χ1v) is 9.92. The molecule has 0 saturated carbocycles. The maximum atomic E-state index is 12.8. The van der Waals surface area contributed by atoms with E-state index < -0.39 is 6.09 Å². The molecule has 1 N–H and O–H groups in total. The SMILES string of the molecule is CCOC(=O)Nc1ccc(C(=O)N2CCN(c3ccccc3OCC)CC2)cc1. The largest absolute Gasteiger partial charge is 0.492 e. The van der Waals surface area contributed by atoms with Crippen LogP contribution in [0.25, 0.3) is 0 Å². The van der Waals surface area contributed by atoms with Crippen LogP contribution in [0.4, 0.5) is 16.2 Å². The zero-order valence-electron chi connectivity index (χ0n) is 16.9. The Balaban J connectivity index is 1.58. The summed E-state index contributed by atoms with van der Waals surface area (Å²) >= 11 is 0. The molecule has 3 rings (SSSR count). The molecule has 29 heavy (non-hydrogen) atoms. The van der Waals surface area contributed by atoms with E-state index in [1.807, 2.05) is 30.0 Å². The summed E-state index contributed by atoms with van der Waals surface area (Å²) in [5.74, 6) is 0.866. The molecule has 0 unspecified atom stereocenters. The Hall–Kier alpha value is -3.22. The molecular weight excluding hydrogens is 370 g/mol. The van der Waals surface area contributed by atoms with Crippen LogP contribution in [0.5, 0.6) is 5.75 Å². The van der Waals surface area contributed by atoms with Crippen molar-refractivity contribution in [2.45, 2.75) is 13.8 Å². The molecule has 7 nitrogen and oxygen atoms in total. The number of para-hydroxylation sites is 2. The van der Waals surface area contributed by atoms with Gasteiger partial charge >= 0.3 is 6.09 Å². The number of anilines is 2. The standard InChI is InChI=1S/C22H27N3O4/c1-3-28-20-8-6-5-7-19(20)24-13-15-25(16-14-24)21(26)17-9-11-18(12-10-17)23-22(27)29-4-2/h5-12H,3-4,13-16H2,1-2H3,(H,23,27). The van der Waals surface area contributed by atoms with Gasteiger partial charge in [0.15, 0.2) is 0 Å². The Morgan fingerprint density at radius 1 is 0.931 bits per heavy atom. The highest BCUT2D eigenvalue weighted by Gasteiger charge is 2.23. The van der Waals surface area contributed by atoms with Crippen molar-refractivity contribution in [1.29, 1.82) is 0 Å². The molecule has 154 valence electrons. The minimum atomic E-state index is -0.505. The lowest BCUT2D eigenvalue weighted by molar-refractivity contribution is 0.0746. The molecule has 0 aliphatic carbocycles. The van der Waals surface area contributed by atoms with Gasteiger partial charge in [-0.3, -0.25) is 10.1 Å². The van der Waals surface area contributed by atoms with Gasteiger partial charge in [-0.2, -0.15) is 0 Å². The van der Waals surface area contributed by atoms with Crippen LogP contribution in [-0.4, -0.2) is 56.3 Å². The number of nitrogens with one attached hydrogen (secondary N) is 1. The normalized spacial score (nSPS) is 13.7. The van der Waals surface area contributed by atoms with E-state index in [1.54, 1.807) is 31.2 Å². The van der Waals surface area contributed by atoms with Gasteiger partial charge in [0.25, 0.3) is 5.91 Å². The van der Waals surface area contributed by atoms with Crippen molar-refractivity contribution < 1.29 is 19.1 Å². The van der Waals surface area contributed by atoms with Gasteiger partial charge in [0.2, 0.25) is 0 Å². The molecule has 0 spiro atoms. The van der Waals surface area contributed by atoms with E-state index in [4.69, 9.17) is 9.47 Å². The number of nitrogens with zero attached hydrogens (tertiary/aromatic N) is 2. The van der Waals surface area contributed by atoms with Gasteiger partial charge in [-0.25, -0.2) is 4.79 Å². The molecule has 7 heteroatoms. The van der Waals surface area contributed by atoms with Gasteiger partial charge in [0.05, 0.1) is 18.9 Å². The Morgan fingerprint density at radius 3 is 2.28 bits per heavy atom. The Labute approximate surface area is 171 Å². The van der Waals surface area contributed by atoms with E-state index in [9.17, 15) is 9.59 Å². The number of piperazine rings is 1. The lowest BCUT2D eigenvalue weighted by Gasteiger charge is -2.36. The first kappa shape index (κ1) is 20.5. The van der Waals surface area contributed by atoms with Gasteiger partial charge in [-0.1, -0.05) is 12.1 Å². The number of ether oxygens (including phenoxy) is 2. The summed E-state index contributed by atoms with van der Waals surface area (Å²) in [6, 6.07) is 14.9. The summed E-state index contributed by atoms with van der Waals surface area (Å²) in [5.41, 5.74) is 2.26. The molecule has 1 aliphatic heterocycles. The third-order valence-electron chi connectivity index (χ3n) is 4.73. The van der Waals surface area contributed by atoms with Gasteiger partial charge in [-0.05, 0) is 50.2 Å². The second kappa shape index (κ2) is 9.82. The molecule has 2 aromatic rings. The molecule has 0 atom stereocenters. The predicted molar refractivity (Wildman–Crippen MR) is 113 cm³/mol. The highest BCUT2D eigenvalue weighted by molar-refractivity contribution is 5.95. The summed E-state index contributed by atoms with van der Waals surface area (Å²) in [5, 5.41) is 2.62. The van der Waals surface area contributed by atoms with Crippen LogP contribution in [0.2, 0.25) is 0 Å². The predicted octanol–water partition coefficient (Wildman–Crippen LogP) is 3.62. The zero-order valence-corrected chi connectivity index (χ0v) is 16.9. The first-order chi connectivity index (χ1) is 14.1. The molecule has 2 amide bonds. The zero-order chi connectivity index (χ0) is 20.6. The monoisotopic (exact) mass is 397 g/mol. The van der Waals surface area contributed by atoms with Crippen molar-refractivity contribution >= 4 is 23.4 Å². The minimum Gasteiger partial charge on any atom is -0.492 e. The maximum Gasteiger partial charge on any atom is 0.411 e. The van der Waals surface area contributed by atoms with Crippen LogP contribution >= 0.6 is 0 Å². The second-order valence-corrected chi connectivity index (χ2v) is 6.60. The van der Waals surface area contributed by atoms with E-state index in [1.165, 1.54) is 0 Å². The molecule has 1 fully saturated rings. The number of carbonyl (C=O) groups is 2. The molecular formula is C22H27N3O4. The summed E-state index contributed by atoms with van der Waals surface area (Å²) in [6.07, 6.45) is -0.505. The number of hydrogen-bond acceptors (Lipinski definition) is 5. The Kier molecular flexibility index (Phi) is 6.94. The van der Waals surface area contributed by atoms with Crippen LogP contribution in [0.3, 0.4) is 0 Å². The highest BCUT2D eigenvalue weighted by Crippen LogP contribution is 2.29. The van der Waals surface area contributed by atoms with E-state index in [0.29, 0.717) is 37.6 Å². The summed E-state index contributed by atoms with van der Waals surface area (Å²) in [4.78, 5) is 28.4. The second-order valence-electron chi connectivity index (χ2n) is 6.60. The van der Waals surface area contributed by atoms with Crippen LogP contribution in [-0.2, 0) is 4.74 Å². The van der Waals surface area contributed by atoms with Crippen molar-refractivity contribution in [1.82, 2.24) is 4.90 Å². The quantitative estimate of drug-likeness (QED) is 0.806.